The number of nitrogens with two attached hydrogens (primary N) is 1. The number of carbonyl (C=O) groups is 2. The number of nitriles is 1. The van der Waals surface area contributed by atoms with E-state index in [1.807, 2.05) is 6.07 Å². The summed E-state index contributed by atoms with van der Waals surface area (Å²) >= 11 is 0. The molecule has 1 rings (SSSR count). The zero-order chi connectivity index (χ0) is 13.0. The fourth-order valence-corrected chi connectivity index (χ4v) is 1.57. The number of nitrogens with zero attached hydrogens (tertiary/aromatic N) is 1. The average molecular weight is 231 g/mol. The zero-order valence-corrected chi connectivity index (χ0v) is 9.65. The molecule has 88 valence electrons. The van der Waals surface area contributed by atoms with Crippen LogP contribution in [0.25, 0.3) is 0 Å². The molecular weight excluding hydrogens is 218 g/mol. The minimum absolute atomic E-state index is 0.208. The Hall–Kier alpha value is -2.35. The lowest BCUT2D eigenvalue weighted by Crippen LogP contribution is -2.26. The molecule has 5 heteroatoms. The highest BCUT2D eigenvalue weighted by atomic mass is 16.2. The van der Waals surface area contributed by atoms with E-state index in [1.54, 1.807) is 19.1 Å². The molecule has 0 heterocycles. The minimum Gasteiger partial charge on any atom is -0.366 e. The van der Waals surface area contributed by atoms with E-state index in [0.717, 1.165) is 0 Å². The molecule has 0 saturated carbocycles. The van der Waals surface area contributed by atoms with Crippen LogP contribution in [0.4, 0.5) is 0 Å². The van der Waals surface area contributed by atoms with Crippen LogP contribution >= 0.6 is 0 Å². The molecule has 0 aliphatic rings. The number of nitrogens with one attached hydrogen (secondary N) is 1. The van der Waals surface area contributed by atoms with Gasteiger partial charge in [0.2, 0.25) is 11.8 Å². The third kappa shape index (κ3) is 2.61. The summed E-state index contributed by atoms with van der Waals surface area (Å²) in [5.74, 6) is -1.35. The van der Waals surface area contributed by atoms with E-state index >= 15 is 0 Å². The van der Waals surface area contributed by atoms with Gasteiger partial charge in [0.25, 0.3) is 0 Å². The van der Waals surface area contributed by atoms with Crippen LogP contribution in [0, 0.1) is 11.3 Å². The summed E-state index contributed by atoms with van der Waals surface area (Å²) in [4.78, 5) is 22.8. The molecule has 0 fully saturated rings. The maximum atomic E-state index is 11.5. The van der Waals surface area contributed by atoms with Crippen molar-refractivity contribution >= 4 is 11.8 Å². The zero-order valence-electron chi connectivity index (χ0n) is 9.65. The van der Waals surface area contributed by atoms with Gasteiger partial charge in [-0.15, -0.1) is 0 Å². The molecule has 1 aromatic rings. The fraction of sp³-hybridized carbons (Fsp3) is 0.250. The van der Waals surface area contributed by atoms with E-state index in [2.05, 4.69) is 5.32 Å². The van der Waals surface area contributed by atoms with E-state index in [1.165, 1.54) is 13.1 Å². The van der Waals surface area contributed by atoms with Crippen LogP contribution < -0.4 is 11.1 Å². The van der Waals surface area contributed by atoms with Crippen molar-refractivity contribution in [2.45, 2.75) is 12.8 Å². The van der Waals surface area contributed by atoms with Crippen molar-refractivity contribution in [1.29, 1.82) is 5.26 Å². The molecule has 0 unspecified atom stereocenters. The third-order valence-corrected chi connectivity index (χ3v) is 2.55. The Labute approximate surface area is 99.2 Å². The first-order chi connectivity index (χ1) is 8.01. The van der Waals surface area contributed by atoms with Gasteiger partial charge in [-0.2, -0.15) is 5.26 Å². The maximum Gasteiger partial charge on any atom is 0.249 e. The summed E-state index contributed by atoms with van der Waals surface area (Å²) in [5.41, 5.74) is 6.31. The molecule has 1 aromatic carbocycles. The molecule has 17 heavy (non-hydrogen) atoms. The van der Waals surface area contributed by atoms with Gasteiger partial charge in [0.15, 0.2) is 0 Å². The SMILES string of the molecule is CNC(=O)[C@@H](C)c1ccc(C#N)cc1C(N)=O. The second-order valence-electron chi connectivity index (χ2n) is 3.61. The lowest BCUT2D eigenvalue weighted by atomic mass is 9.93. The Morgan fingerprint density at radius 2 is 2.12 bits per heavy atom. The van der Waals surface area contributed by atoms with E-state index < -0.39 is 11.8 Å². The van der Waals surface area contributed by atoms with Crippen LogP contribution in [0.1, 0.15) is 34.3 Å². The first-order valence-corrected chi connectivity index (χ1v) is 5.06. The molecule has 0 aliphatic carbocycles. The number of hydrogen-bond donors (Lipinski definition) is 2. The first-order valence-electron chi connectivity index (χ1n) is 5.06. The summed E-state index contributed by atoms with van der Waals surface area (Å²) in [5, 5.41) is 11.2. The van der Waals surface area contributed by atoms with Crippen molar-refractivity contribution < 1.29 is 9.59 Å². The van der Waals surface area contributed by atoms with Crippen molar-refractivity contribution in [1.82, 2.24) is 5.32 Å². The lowest BCUT2D eigenvalue weighted by molar-refractivity contribution is -0.121. The molecule has 1 atom stereocenters. The predicted molar refractivity (Wildman–Crippen MR) is 62.2 cm³/mol. The Kier molecular flexibility index (Phi) is 3.83. The molecule has 3 N–H and O–H groups in total. The Morgan fingerprint density at radius 1 is 1.47 bits per heavy atom. The van der Waals surface area contributed by atoms with Gasteiger partial charge in [-0.05, 0) is 24.6 Å². The Bertz CT molecular complexity index is 503. The summed E-state index contributed by atoms with van der Waals surface area (Å²) in [6, 6.07) is 6.46. The van der Waals surface area contributed by atoms with E-state index in [9.17, 15) is 9.59 Å². The van der Waals surface area contributed by atoms with Gasteiger partial charge < -0.3 is 11.1 Å². The molecule has 2 amide bonds. The molecule has 0 bridgehead atoms. The van der Waals surface area contributed by atoms with Crippen molar-refractivity contribution in [3.05, 3.63) is 34.9 Å². The summed E-state index contributed by atoms with van der Waals surface area (Å²) in [6.45, 7) is 1.67. The number of amides is 2. The second kappa shape index (κ2) is 5.12. The molecule has 0 spiro atoms. The van der Waals surface area contributed by atoms with E-state index in [0.29, 0.717) is 11.1 Å². The first kappa shape index (κ1) is 12.7. The van der Waals surface area contributed by atoms with Crippen LogP contribution in [0.15, 0.2) is 18.2 Å². The van der Waals surface area contributed by atoms with Gasteiger partial charge in [-0.1, -0.05) is 6.07 Å². The predicted octanol–water partition coefficient (Wildman–Crippen LogP) is 0.507. The average Bonchev–Trinajstić information content (AvgIpc) is 2.35. The van der Waals surface area contributed by atoms with E-state index in [4.69, 9.17) is 11.0 Å². The van der Waals surface area contributed by atoms with Crippen LogP contribution in [-0.2, 0) is 4.79 Å². The summed E-state index contributed by atoms with van der Waals surface area (Å²) < 4.78 is 0. The summed E-state index contributed by atoms with van der Waals surface area (Å²) in [7, 11) is 1.52. The fourth-order valence-electron chi connectivity index (χ4n) is 1.57. The van der Waals surface area contributed by atoms with Gasteiger partial charge in [-0.25, -0.2) is 0 Å². The standard InChI is InChI=1S/C12H13N3O2/c1-7(12(17)15-2)9-4-3-8(6-13)5-10(9)11(14)16/h3-5,7H,1-2H3,(H2,14,16)(H,15,17)/t7-/m0/s1. The molecule has 0 radical (unpaired) electrons. The topological polar surface area (TPSA) is 96.0 Å². The highest BCUT2D eigenvalue weighted by Gasteiger charge is 2.19. The number of benzene rings is 1. The quantitative estimate of drug-likeness (QED) is 0.793. The van der Waals surface area contributed by atoms with Gasteiger partial charge in [-0.3, -0.25) is 9.59 Å². The minimum atomic E-state index is -0.646. The van der Waals surface area contributed by atoms with Crippen molar-refractivity contribution in [3.63, 3.8) is 0 Å². The number of primary amides is 1. The lowest BCUT2D eigenvalue weighted by Gasteiger charge is -2.13. The van der Waals surface area contributed by atoms with Crippen LogP contribution in [0.3, 0.4) is 0 Å². The molecule has 5 nitrogen and oxygen atoms in total. The largest absolute Gasteiger partial charge is 0.366 e. The number of hydrogen-bond acceptors (Lipinski definition) is 3. The Balaban J connectivity index is 3.29. The second-order valence-corrected chi connectivity index (χ2v) is 3.61. The van der Waals surface area contributed by atoms with E-state index in [-0.39, 0.29) is 11.5 Å². The van der Waals surface area contributed by atoms with Crippen molar-refractivity contribution in [2.75, 3.05) is 7.05 Å². The summed E-state index contributed by atoms with van der Waals surface area (Å²) in [6.07, 6.45) is 0. The Morgan fingerprint density at radius 3 is 2.59 bits per heavy atom. The maximum absolute atomic E-state index is 11.5. The van der Waals surface area contributed by atoms with Crippen LogP contribution in [-0.4, -0.2) is 18.9 Å². The molecule has 0 aromatic heterocycles. The molecular formula is C12H13N3O2. The smallest absolute Gasteiger partial charge is 0.249 e. The van der Waals surface area contributed by atoms with Crippen molar-refractivity contribution in [3.8, 4) is 6.07 Å². The third-order valence-electron chi connectivity index (χ3n) is 2.55. The number of carbonyl (C=O) groups excluding carboxylic acids is 2. The van der Waals surface area contributed by atoms with Crippen molar-refractivity contribution in [2.24, 2.45) is 5.73 Å². The number of rotatable bonds is 3. The number of likely N-dealkylation sites (N-methyl/N-ethyl adjacent to an activating group) is 1. The van der Waals surface area contributed by atoms with Crippen LogP contribution in [0.5, 0.6) is 0 Å². The molecule has 0 aliphatic heterocycles. The van der Waals surface area contributed by atoms with Gasteiger partial charge in [0.05, 0.1) is 17.6 Å². The van der Waals surface area contributed by atoms with Crippen LogP contribution in [0.2, 0.25) is 0 Å². The van der Waals surface area contributed by atoms with Gasteiger partial charge >= 0.3 is 0 Å². The van der Waals surface area contributed by atoms with Gasteiger partial charge in [0.1, 0.15) is 0 Å². The highest BCUT2D eigenvalue weighted by molar-refractivity contribution is 5.97. The monoisotopic (exact) mass is 231 g/mol. The van der Waals surface area contributed by atoms with Gasteiger partial charge in [0, 0.05) is 12.6 Å². The molecule has 0 saturated heterocycles. The highest BCUT2D eigenvalue weighted by Crippen LogP contribution is 2.21. The normalized spacial score (nSPS) is 11.4.